The van der Waals surface area contributed by atoms with E-state index < -0.39 is 0 Å². The molecule has 3 N–H and O–H groups in total. The lowest BCUT2D eigenvalue weighted by atomic mass is 9.84. The SMILES string of the molecule is CC(C)CC(N)C(=O)N[C@H](C)C1CCCCC1. The average Bonchev–Trinajstić information content (AvgIpc) is 2.29. The molecule has 3 nitrogen and oxygen atoms in total. The van der Waals surface area contributed by atoms with Gasteiger partial charge in [0.05, 0.1) is 6.04 Å². The van der Waals surface area contributed by atoms with Gasteiger partial charge in [0.25, 0.3) is 0 Å². The zero-order valence-corrected chi connectivity index (χ0v) is 11.5. The molecule has 0 bridgehead atoms. The fourth-order valence-corrected chi connectivity index (χ4v) is 2.70. The van der Waals surface area contributed by atoms with Gasteiger partial charge in [-0.2, -0.15) is 0 Å². The monoisotopic (exact) mass is 240 g/mol. The smallest absolute Gasteiger partial charge is 0.237 e. The lowest BCUT2D eigenvalue weighted by molar-refractivity contribution is -0.123. The van der Waals surface area contributed by atoms with Crippen molar-refractivity contribution in [1.29, 1.82) is 0 Å². The lowest BCUT2D eigenvalue weighted by Crippen LogP contribution is -2.47. The maximum Gasteiger partial charge on any atom is 0.237 e. The van der Waals surface area contributed by atoms with Gasteiger partial charge in [-0.05, 0) is 38.0 Å². The summed E-state index contributed by atoms with van der Waals surface area (Å²) in [5.74, 6) is 1.15. The zero-order valence-electron chi connectivity index (χ0n) is 11.5. The second-order valence-corrected chi connectivity index (χ2v) is 5.93. The summed E-state index contributed by atoms with van der Waals surface area (Å²) in [5.41, 5.74) is 5.88. The van der Waals surface area contributed by atoms with Gasteiger partial charge >= 0.3 is 0 Å². The summed E-state index contributed by atoms with van der Waals surface area (Å²) in [6.45, 7) is 6.31. The quantitative estimate of drug-likeness (QED) is 0.775. The third-order valence-electron chi connectivity index (χ3n) is 3.79. The number of hydrogen-bond acceptors (Lipinski definition) is 2. The number of nitrogens with two attached hydrogens (primary N) is 1. The molecule has 0 saturated heterocycles. The van der Waals surface area contributed by atoms with E-state index in [1.807, 2.05) is 0 Å². The van der Waals surface area contributed by atoms with Crippen molar-refractivity contribution in [2.45, 2.75) is 71.4 Å². The van der Waals surface area contributed by atoms with Gasteiger partial charge < -0.3 is 11.1 Å². The van der Waals surface area contributed by atoms with E-state index in [4.69, 9.17) is 5.73 Å². The summed E-state index contributed by atoms with van der Waals surface area (Å²) in [7, 11) is 0. The summed E-state index contributed by atoms with van der Waals surface area (Å²) < 4.78 is 0. The molecule has 2 atom stereocenters. The Labute approximate surface area is 106 Å². The summed E-state index contributed by atoms with van der Waals surface area (Å²) in [6, 6.07) is -0.0675. The Bertz CT molecular complexity index is 234. The highest BCUT2D eigenvalue weighted by Gasteiger charge is 2.23. The molecule has 0 aromatic heterocycles. The van der Waals surface area contributed by atoms with Crippen molar-refractivity contribution in [3.8, 4) is 0 Å². The minimum atomic E-state index is -0.346. The number of carbonyl (C=O) groups is 1. The van der Waals surface area contributed by atoms with Crippen LogP contribution in [-0.2, 0) is 4.79 Å². The predicted octanol–water partition coefficient (Wildman–Crippen LogP) is 2.44. The standard InChI is InChI=1S/C14H28N2O/c1-10(2)9-13(15)14(17)16-11(3)12-7-5-4-6-8-12/h10-13H,4-9,15H2,1-3H3,(H,16,17)/t11-,13?/m1/s1. The molecule has 0 aromatic carbocycles. The Morgan fingerprint density at radius 2 is 1.82 bits per heavy atom. The van der Waals surface area contributed by atoms with Gasteiger partial charge in [0, 0.05) is 6.04 Å². The molecule has 1 rings (SSSR count). The minimum Gasteiger partial charge on any atom is -0.352 e. The highest BCUT2D eigenvalue weighted by Crippen LogP contribution is 2.26. The molecule has 0 spiro atoms. The molecule has 1 saturated carbocycles. The van der Waals surface area contributed by atoms with Crippen LogP contribution >= 0.6 is 0 Å². The number of rotatable bonds is 5. The van der Waals surface area contributed by atoms with E-state index in [1.54, 1.807) is 0 Å². The number of amides is 1. The molecule has 3 heteroatoms. The highest BCUT2D eigenvalue weighted by atomic mass is 16.2. The normalized spacial score (nSPS) is 21.2. The first kappa shape index (κ1) is 14.5. The van der Waals surface area contributed by atoms with Crippen LogP contribution in [0, 0.1) is 11.8 Å². The highest BCUT2D eigenvalue weighted by molar-refractivity contribution is 5.81. The molecule has 17 heavy (non-hydrogen) atoms. The Morgan fingerprint density at radius 3 is 2.35 bits per heavy atom. The first-order valence-corrected chi connectivity index (χ1v) is 7.06. The van der Waals surface area contributed by atoms with Crippen LogP contribution in [0.4, 0.5) is 0 Å². The van der Waals surface area contributed by atoms with Crippen LogP contribution in [-0.4, -0.2) is 18.0 Å². The molecule has 1 amide bonds. The van der Waals surface area contributed by atoms with E-state index in [9.17, 15) is 4.79 Å². The van der Waals surface area contributed by atoms with Crippen molar-refractivity contribution in [3.05, 3.63) is 0 Å². The fraction of sp³-hybridized carbons (Fsp3) is 0.929. The Morgan fingerprint density at radius 1 is 1.24 bits per heavy atom. The minimum absolute atomic E-state index is 0.0248. The topological polar surface area (TPSA) is 55.1 Å². The van der Waals surface area contributed by atoms with Gasteiger partial charge in [-0.25, -0.2) is 0 Å². The summed E-state index contributed by atoms with van der Waals surface area (Å²) in [5, 5.41) is 3.09. The van der Waals surface area contributed by atoms with Crippen LogP contribution < -0.4 is 11.1 Å². The van der Waals surface area contributed by atoms with Crippen molar-refractivity contribution < 1.29 is 4.79 Å². The molecular weight excluding hydrogens is 212 g/mol. The van der Waals surface area contributed by atoms with Gasteiger partial charge in [0.2, 0.25) is 5.91 Å². The maximum absolute atomic E-state index is 11.9. The van der Waals surface area contributed by atoms with E-state index in [0.29, 0.717) is 11.8 Å². The second kappa shape index (κ2) is 7.00. The first-order valence-electron chi connectivity index (χ1n) is 7.06. The van der Waals surface area contributed by atoms with Crippen molar-refractivity contribution >= 4 is 5.91 Å². The van der Waals surface area contributed by atoms with Gasteiger partial charge in [-0.1, -0.05) is 33.1 Å². The Kier molecular flexibility index (Phi) is 5.96. The molecule has 1 aliphatic carbocycles. The molecule has 0 radical (unpaired) electrons. The summed E-state index contributed by atoms with van der Waals surface area (Å²) >= 11 is 0. The van der Waals surface area contributed by atoms with Gasteiger partial charge in [-0.15, -0.1) is 0 Å². The van der Waals surface area contributed by atoms with Crippen molar-refractivity contribution in [1.82, 2.24) is 5.32 Å². The van der Waals surface area contributed by atoms with Gasteiger partial charge in [0.15, 0.2) is 0 Å². The van der Waals surface area contributed by atoms with E-state index >= 15 is 0 Å². The molecule has 0 heterocycles. The zero-order chi connectivity index (χ0) is 12.8. The lowest BCUT2D eigenvalue weighted by Gasteiger charge is -2.29. The van der Waals surface area contributed by atoms with Crippen LogP contribution in [0.5, 0.6) is 0 Å². The van der Waals surface area contributed by atoms with Crippen molar-refractivity contribution in [3.63, 3.8) is 0 Å². The van der Waals surface area contributed by atoms with E-state index in [0.717, 1.165) is 6.42 Å². The van der Waals surface area contributed by atoms with E-state index in [-0.39, 0.29) is 18.0 Å². The largest absolute Gasteiger partial charge is 0.352 e. The molecular formula is C14H28N2O. The second-order valence-electron chi connectivity index (χ2n) is 5.93. The van der Waals surface area contributed by atoms with Crippen LogP contribution in [0.1, 0.15) is 59.3 Å². The van der Waals surface area contributed by atoms with Crippen molar-refractivity contribution in [2.75, 3.05) is 0 Å². The molecule has 100 valence electrons. The molecule has 1 fully saturated rings. The van der Waals surface area contributed by atoms with Crippen LogP contribution in [0.15, 0.2) is 0 Å². The van der Waals surface area contributed by atoms with Crippen LogP contribution in [0.25, 0.3) is 0 Å². The molecule has 1 unspecified atom stereocenters. The summed E-state index contributed by atoms with van der Waals surface area (Å²) in [4.78, 5) is 11.9. The average molecular weight is 240 g/mol. The van der Waals surface area contributed by atoms with Crippen molar-refractivity contribution in [2.24, 2.45) is 17.6 Å². The molecule has 0 aliphatic heterocycles. The number of nitrogens with one attached hydrogen (secondary N) is 1. The molecule has 1 aliphatic rings. The first-order chi connectivity index (χ1) is 8.00. The predicted molar refractivity (Wildman–Crippen MR) is 71.6 cm³/mol. The Hall–Kier alpha value is -0.570. The fourth-order valence-electron chi connectivity index (χ4n) is 2.70. The van der Waals surface area contributed by atoms with Crippen LogP contribution in [0.3, 0.4) is 0 Å². The molecule has 0 aromatic rings. The van der Waals surface area contributed by atoms with E-state index in [2.05, 4.69) is 26.1 Å². The number of hydrogen-bond donors (Lipinski definition) is 2. The van der Waals surface area contributed by atoms with E-state index in [1.165, 1.54) is 32.1 Å². The maximum atomic E-state index is 11.9. The summed E-state index contributed by atoms with van der Waals surface area (Å²) in [6.07, 6.45) is 7.24. The van der Waals surface area contributed by atoms with Gasteiger partial charge in [-0.3, -0.25) is 4.79 Å². The third kappa shape index (κ3) is 5.07. The number of carbonyl (C=O) groups excluding carboxylic acids is 1. The Balaban J connectivity index is 2.33. The van der Waals surface area contributed by atoms with Gasteiger partial charge in [0.1, 0.15) is 0 Å². The third-order valence-corrected chi connectivity index (χ3v) is 3.79. The van der Waals surface area contributed by atoms with Crippen LogP contribution in [0.2, 0.25) is 0 Å².